The van der Waals surface area contributed by atoms with Gasteiger partial charge in [-0.2, -0.15) is 0 Å². The molecule has 12 heteroatoms. The maximum absolute atomic E-state index is 17.1. The van der Waals surface area contributed by atoms with Crippen molar-refractivity contribution in [3.8, 4) is 32.4 Å². The first-order valence-electron chi connectivity index (χ1n) is 16.5. The number of halogens is 2. The number of likely N-dealkylation sites (tertiary alicyclic amines) is 1. The zero-order valence-electron chi connectivity index (χ0n) is 27.4. The predicted molar refractivity (Wildman–Crippen MR) is 180 cm³/mol. The normalized spacial score (nSPS) is 21.5. The van der Waals surface area contributed by atoms with Gasteiger partial charge >= 0.3 is 210 Å². The molecule has 2 saturated heterocycles. The molecule has 0 N–H and O–H groups in total. The Labute approximate surface area is 295 Å². The zero-order valence-corrected chi connectivity index (χ0v) is 31.8. The van der Waals surface area contributed by atoms with Crippen molar-refractivity contribution in [2.75, 3.05) is 65.3 Å². The SMILES string of the molecule is COCOc1cc(-c2ncc3c(N4CCCOCC4)nc(OC[C@]45CCC[C@H]4N(C)CCC5)nc3c2F)c2c(C#[C][Tl])c(F)ccc2c1. The van der Waals surface area contributed by atoms with E-state index in [4.69, 9.17) is 28.9 Å². The molecule has 3 fully saturated rings. The number of pyridine rings is 1. The average molecular weight is 847 g/mol. The molecule has 3 aliphatic rings. The van der Waals surface area contributed by atoms with Gasteiger partial charge in [-0.3, -0.25) is 0 Å². The summed E-state index contributed by atoms with van der Waals surface area (Å²) in [6, 6.07) is 7.02. The van der Waals surface area contributed by atoms with Crippen molar-refractivity contribution in [1.29, 1.82) is 0 Å². The second kappa shape index (κ2) is 14.3. The molecule has 48 heavy (non-hydrogen) atoms. The van der Waals surface area contributed by atoms with Gasteiger partial charge in [0.15, 0.2) is 0 Å². The summed E-state index contributed by atoms with van der Waals surface area (Å²) in [5.41, 5.74) is 0.679. The number of aromatic nitrogens is 3. The van der Waals surface area contributed by atoms with Crippen molar-refractivity contribution in [1.82, 2.24) is 19.9 Å². The molecule has 0 spiro atoms. The van der Waals surface area contributed by atoms with Crippen molar-refractivity contribution in [3.63, 3.8) is 0 Å². The van der Waals surface area contributed by atoms with Crippen molar-refractivity contribution >= 4 is 53.3 Å². The third-order valence-electron chi connectivity index (χ3n) is 10.1. The van der Waals surface area contributed by atoms with E-state index in [-0.39, 0.29) is 35.0 Å². The van der Waals surface area contributed by atoms with Crippen LogP contribution in [0.2, 0.25) is 0 Å². The Morgan fingerprint density at radius 3 is 2.79 bits per heavy atom. The predicted octanol–water partition coefficient (Wildman–Crippen LogP) is 5.45. The first-order chi connectivity index (χ1) is 23.4. The van der Waals surface area contributed by atoms with Crippen molar-refractivity contribution < 1.29 is 27.7 Å². The van der Waals surface area contributed by atoms with Crippen LogP contribution in [-0.2, 0) is 9.47 Å². The van der Waals surface area contributed by atoms with Crippen LogP contribution in [0.1, 0.15) is 44.1 Å². The summed E-state index contributed by atoms with van der Waals surface area (Å²) in [6.45, 7) is 4.02. The standard InChI is InChI=1S/C36H38F2N5O4.Tl/c1-4-25-28(37)10-9-23-18-24(47-22-44-3)19-26(30(23)25)32-31(38)33-27(20-39-32)34(43-14-7-16-45-17-15-43)41-35(40-33)46-21-36-11-5-8-29(36)42(2)13-6-12-36;/h9-10,18-20,29H,5-8,11-17,21-22H2,2-3H3;/t29-,36-;/m1./s1. The number of anilines is 1. The molecule has 2 atom stereocenters. The van der Waals surface area contributed by atoms with Gasteiger partial charge in [0.25, 0.3) is 0 Å². The Bertz CT molecular complexity index is 1890. The average Bonchev–Trinajstić information content (AvgIpc) is 3.35. The first kappa shape index (κ1) is 33.3. The fraction of sp³-hybridized carbons (Fsp3) is 0.472. The number of hydrogen-bond acceptors (Lipinski definition) is 9. The summed E-state index contributed by atoms with van der Waals surface area (Å²) in [5, 5.41) is 1.58. The second-order valence-corrected chi connectivity index (χ2v) is 14.0. The van der Waals surface area contributed by atoms with Crippen molar-refractivity contribution in [2.45, 2.75) is 44.6 Å². The molecule has 2 aromatic heterocycles. The summed E-state index contributed by atoms with van der Waals surface area (Å²) < 4.78 is 58.4. The van der Waals surface area contributed by atoms with Gasteiger partial charge in [-0.05, 0) is 45.7 Å². The molecule has 248 valence electrons. The van der Waals surface area contributed by atoms with Crippen molar-refractivity contribution in [3.05, 3.63) is 47.7 Å². The van der Waals surface area contributed by atoms with Crippen LogP contribution in [0.25, 0.3) is 32.9 Å². The molecule has 1 aliphatic carbocycles. The van der Waals surface area contributed by atoms with Crippen LogP contribution in [0.3, 0.4) is 0 Å². The molecule has 7 rings (SSSR count). The van der Waals surface area contributed by atoms with E-state index >= 15 is 8.78 Å². The van der Waals surface area contributed by atoms with Gasteiger partial charge in [-0.25, -0.2) is 0 Å². The summed E-state index contributed by atoms with van der Waals surface area (Å²) in [7, 11) is 3.72. The fourth-order valence-electron chi connectivity index (χ4n) is 7.86. The van der Waals surface area contributed by atoms with Crippen LogP contribution in [0.5, 0.6) is 11.8 Å². The Balaban J connectivity index is 1.39. The quantitative estimate of drug-likeness (QED) is 0.131. The number of rotatable bonds is 8. The molecule has 2 aromatic carbocycles. The van der Waals surface area contributed by atoms with E-state index in [9.17, 15) is 0 Å². The van der Waals surface area contributed by atoms with Crippen LogP contribution in [-0.4, -0.2) is 112 Å². The molecule has 1 saturated carbocycles. The summed E-state index contributed by atoms with van der Waals surface area (Å²) >= 11 is 0.332. The Morgan fingerprint density at radius 1 is 1.06 bits per heavy atom. The van der Waals surface area contributed by atoms with Gasteiger partial charge < -0.3 is 9.64 Å². The van der Waals surface area contributed by atoms with E-state index in [0.29, 0.717) is 98.0 Å². The summed E-state index contributed by atoms with van der Waals surface area (Å²) in [5.74, 6) is 2.81. The summed E-state index contributed by atoms with van der Waals surface area (Å²) in [4.78, 5) is 18.8. The maximum atomic E-state index is 17.1. The number of fused-ring (bicyclic) bond motifs is 3. The Morgan fingerprint density at radius 2 is 1.94 bits per heavy atom. The monoisotopic (exact) mass is 847 g/mol. The van der Waals surface area contributed by atoms with E-state index in [1.54, 1.807) is 24.4 Å². The van der Waals surface area contributed by atoms with Gasteiger partial charge in [-0.1, -0.05) is 6.42 Å². The topological polar surface area (TPSA) is 82.1 Å². The number of ether oxygens (including phenoxy) is 4. The van der Waals surface area contributed by atoms with Gasteiger partial charge in [0.05, 0.1) is 6.61 Å². The fourth-order valence-corrected chi connectivity index (χ4v) is 8.42. The van der Waals surface area contributed by atoms with Crippen LogP contribution < -0.4 is 14.4 Å². The van der Waals surface area contributed by atoms with Gasteiger partial charge in [0.2, 0.25) is 0 Å². The second-order valence-electron chi connectivity index (χ2n) is 12.9. The Hall–Kier alpha value is -3.19. The molecular formula is C36H38F2N5O4Tl. The number of benzene rings is 2. The molecule has 0 amide bonds. The van der Waals surface area contributed by atoms with E-state index in [0.717, 1.165) is 45.1 Å². The number of piperidine rings is 1. The molecule has 2 aliphatic heterocycles. The first-order valence-corrected chi connectivity index (χ1v) is 18.8. The zero-order chi connectivity index (χ0) is 33.3. The minimum absolute atomic E-state index is 0.0108. The molecular weight excluding hydrogens is 809 g/mol. The van der Waals surface area contributed by atoms with Gasteiger partial charge in [0, 0.05) is 18.1 Å². The third-order valence-corrected chi connectivity index (χ3v) is 10.6. The number of methoxy groups -OCH3 is 1. The number of nitrogens with zero attached hydrogens (tertiary/aromatic N) is 5. The minimum atomic E-state index is -0.650. The van der Waals surface area contributed by atoms with E-state index in [1.807, 2.05) is 0 Å². The van der Waals surface area contributed by atoms with Crippen LogP contribution in [0.15, 0.2) is 30.5 Å². The van der Waals surface area contributed by atoms with Crippen LogP contribution in [0, 0.1) is 26.4 Å². The van der Waals surface area contributed by atoms with E-state index in [2.05, 4.69) is 31.2 Å². The molecule has 4 aromatic rings. The number of hydrogen-bond donors (Lipinski definition) is 0. The Kier molecular flexibility index (Phi) is 9.96. The van der Waals surface area contributed by atoms with Crippen LogP contribution in [0.4, 0.5) is 14.6 Å². The molecule has 0 unspecified atom stereocenters. The van der Waals surface area contributed by atoms with Crippen molar-refractivity contribution in [2.24, 2.45) is 5.41 Å². The van der Waals surface area contributed by atoms with E-state index in [1.165, 1.54) is 13.2 Å². The molecule has 4 heterocycles. The van der Waals surface area contributed by atoms with E-state index < -0.39 is 11.6 Å². The molecule has 0 bridgehead atoms. The van der Waals surface area contributed by atoms with Crippen LogP contribution >= 0.6 is 0 Å². The summed E-state index contributed by atoms with van der Waals surface area (Å²) in [6.07, 6.45) is 8.02. The molecule has 0 radical (unpaired) electrons. The van der Waals surface area contributed by atoms with Gasteiger partial charge in [0.1, 0.15) is 0 Å². The molecule has 9 nitrogen and oxygen atoms in total. The third kappa shape index (κ3) is 6.32. The van der Waals surface area contributed by atoms with Gasteiger partial charge in [-0.15, -0.1) is 0 Å².